The van der Waals surface area contributed by atoms with Gasteiger partial charge in [0, 0.05) is 30.4 Å². The number of nitrogens with zero attached hydrogens (tertiary/aromatic N) is 1. The van der Waals surface area contributed by atoms with Gasteiger partial charge in [0.1, 0.15) is 0 Å². The Balaban J connectivity index is 1.93. The molecule has 1 unspecified atom stereocenters. The Morgan fingerprint density at radius 1 is 1.52 bits per heavy atom. The zero-order valence-electron chi connectivity index (χ0n) is 11.8. The van der Waals surface area contributed by atoms with Crippen LogP contribution in [0.1, 0.15) is 18.2 Å². The smallest absolute Gasteiger partial charge is 0.224 e. The molecule has 1 aromatic rings. The summed E-state index contributed by atoms with van der Waals surface area (Å²) in [4.78, 5) is 15.2. The lowest BCUT2D eigenvalue weighted by molar-refractivity contribution is -0.132. The van der Waals surface area contributed by atoms with Crippen molar-refractivity contribution >= 4 is 43.0 Å². The number of carbonyl (C=O) groups is 1. The Hall–Kier alpha value is -0.440. The topological polar surface area (TPSA) is 66.5 Å². The normalized spacial score (nSPS) is 21.1. The molecule has 1 aliphatic heterocycles. The number of amides is 1. The Bertz CT molecular complexity index is 600. The van der Waals surface area contributed by atoms with E-state index in [1.807, 2.05) is 19.1 Å². The SMILES string of the molecule is CCN(Cc1ccc(Br)s1)C(=O)CC1CS(=O)(=O)CCN1. The summed E-state index contributed by atoms with van der Waals surface area (Å²) in [6.07, 6.45) is 0.236. The number of hydrogen-bond donors (Lipinski definition) is 1. The summed E-state index contributed by atoms with van der Waals surface area (Å²) < 4.78 is 24.3. The molecule has 0 spiro atoms. The second-order valence-electron chi connectivity index (χ2n) is 5.08. The minimum Gasteiger partial charge on any atom is -0.338 e. The van der Waals surface area contributed by atoms with E-state index < -0.39 is 9.84 Å². The standard InChI is InChI=1S/C13H19BrN2O3S2/c1-2-16(8-11-3-4-12(14)20-11)13(17)7-10-9-21(18,19)6-5-15-10/h3-4,10,15H,2,5-9H2,1H3. The molecule has 1 atom stereocenters. The maximum absolute atomic E-state index is 12.3. The summed E-state index contributed by atoms with van der Waals surface area (Å²) in [6.45, 7) is 3.56. The minimum absolute atomic E-state index is 0.00313. The number of hydrogen-bond acceptors (Lipinski definition) is 5. The third kappa shape index (κ3) is 5.05. The molecule has 2 heterocycles. The molecule has 1 aromatic heterocycles. The zero-order chi connectivity index (χ0) is 15.5. The van der Waals surface area contributed by atoms with Crippen LogP contribution in [0.25, 0.3) is 0 Å². The first kappa shape index (κ1) is 16.9. The highest BCUT2D eigenvalue weighted by atomic mass is 79.9. The highest BCUT2D eigenvalue weighted by molar-refractivity contribution is 9.11. The lowest BCUT2D eigenvalue weighted by atomic mass is 10.2. The highest BCUT2D eigenvalue weighted by Gasteiger charge is 2.27. The molecule has 0 aromatic carbocycles. The molecule has 1 aliphatic rings. The van der Waals surface area contributed by atoms with Crippen molar-refractivity contribution in [2.24, 2.45) is 0 Å². The fourth-order valence-corrected chi connectivity index (χ4v) is 5.28. The van der Waals surface area contributed by atoms with Crippen molar-refractivity contribution in [3.05, 3.63) is 20.8 Å². The van der Waals surface area contributed by atoms with Gasteiger partial charge in [-0.1, -0.05) is 0 Å². The predicted octanol–water partition coefficient (Wildman–Crippen LogP) is 1.64. The number of carbonyl (C=O) groups excluding carboxylic acids is 1. The summed E-state index contributed by atoms with van der Waals surface area (Å²) in [5, 5.41) is 3.12. The van der Waals surface area contributed by atoms with Gasteiger partial charge in [-0.15, -0.1) is 11.3 Å². The summed E-state index contributed by atoms with van der Waals surface area (Å²) in [6, 6.07) is 3.70. The van der Waals surface area contributed by atoms with Crippen molar-refractivity contribution in [2.45, 2.75) is 25.9 Å². The van der Waals surface area contributed by atoms with Crippen molar-refractivity contribution in [3.63, 3.8) is 0 Å². The molecule has 0 saturated carbocycles. The second kappa shape index (κ2) is 7.21. The quantitative estimate of drug-likeness (QED) is 0.823. The monoisotopic (exact) mass is 394 g/mol. The van der Waals surface area contributed by atoms with Gasteiger partial charge in [-0.3, -0.25) is 4.79 Å². The number of nitrogens with one attached hydrogen (secondary N) is 1. The van der Waals surface area contributed by atoms with E-state index in [4.69, 9.17) is 0 Å². The van der Waals surface area contributed by atoms with Crippen molar-refractivity contribution in [2.75, 3.05) is 24.6 Å². The molecule has 8 heteroatoms. The van der Waals surface area contributed by atoms with Gasteiger partial charge in [0.2, 0.25) is 5.91 Å². The van der Waals surface area contributed by atoms with Crippen LogP contribution in [0.4, 0.5) is 0 Å². The Morgan fingerprint density at radius 2 is 2.29 bits per heavy atom. The van der Waals surface area contributed by atoms with Gasteiger partial charge < -0.3 is 10.2 Å². The van der Waals surface area contributed by atoms with Crippen LogP contribution in [0.2, 0.25) is 0 Å². The fraction of sp³-hybridized carbons (Fsp3) is 0.615. The molecule has 2 rings (SSSR count). The molecule has 21 heavy (non-hydrogen) atoms. The molecule has 118 valence electrons. The largest absolute Gasteiger partial charge is 0.338 e. The Morgan fingerprint density at radius 3 is 2.86 bits per heavy atom. The van der Waals surface area contributed by atoms with Crippen LogP contribution < -0.4 is 5.32 Å². The van der Waals surface area contributed by atoms with Crippen LogP contribution in [0, 0.1) is 0 Å². The van der Waals surface area contributed by atoms with Crippen LogP contribution >= 0.6 is 27.3 Å². The van der Waals surface area contributed by atoms with Gasteiger partial charge >= 0.3 is 0 Å². The summed E-state index contributed by atoms with van der Waals surface area (Å²) in [5.74, 6) is 0.218. The van der Waals surface area contributed by atoms with Crippen LogP contribution in [0.15, 0.2) is 15.9 Å². The third-order valence-electron chi connectivity index (χ3n) is 3.43. The van der Waals surface area contributed by atoms with E-state index in [-0.39, 0.29) is 29.9 Å². The summed E-state index contributed by atoms with van der Waals surface area (Å²) in [5.41, 5.74) is 0. The van der Waals surface area contributed by atoms with Gasteiger partial charge in [-0.25, -0.2) is 8.42 Å². The first-order chi connectivity index (χ1) is 9.89. The molecule has 0 radical (unpaired) electrons. The first-order valence-corrected chi connectivity index (χ1v) is 10.3. The van der Waals surface area contributed by atoms with Crippen LogP contribution in [0.5, 0.6) is 0 Å². The van der Waals surface area contributed by atoms with E-state index in [1.165, 1.54) is 0 Å². The molecule has 1 N–H and O–H groups in total. The lowest BCUT2D eigenvalue weighted by Crippen LogP contribution is -2.47. The van der Waals surface area contributed by atoms with E-state index in [1.54, 1.807) is 16.2 Å². The molecule has 1 fully saturated rings. The fourth-order valence-electron chi connectivity index (χ4n) is 2.34. The molecule has 5 nitrogen and oxygen atoms in total. The Labute approximate surface area is 137 Å². The predicted molar refractivity (Wildman–Crippen MR) is 88.2 cm³/mol. The first-order valence-electron chi connectivity index (χ1n) is 6.85. The number of rotatable bonds is 5. The lowest BCUT2D eigenvalue weighted by Gasteiger charge is -2.26. The molecule has 0 aliphatic carbocycles. The van der Waals surface area contributed by atoms with Crippen molar-refractivity contribution < 1.29 is 13.2 Å². The summed E-state index contributed by atoms with van der Waals surface area (Å²) in [7, 11) is -3.00. The average molecular weight is 395 g/mol. The number of halogens is 1. The van der Waals surface area contributed by atoms with Gasteiger partial charge in [0.15, 0.2) is 9.84 Å². The number of sulfone groups is 1. The van der Waals surface area contributed by atoms with E-state index in [9.17, 15) is 13.2 Å². The van der Waals surface area contributed by atoms with Crippen molar-refractivity contribution in [1.29, 1.82) is 0 Å². The van der Waals surface area contributed by atoms with Gasteiger partial charge in [0.05, 0.1) is 21.8 Å². The van der Waals surface area contributed by atoms with Gasteiger partial charge in [-0.05, 0) is 35.0 Å². The Kier molecular flexibility index (Phi) is 5.81. The third-order valence-corrected chi connectivity index (χ3v) is 6.78. The molecule has 1 saturated heterocycles. The molecular weight excluding hydrogens is 376 g/mol. The molecule has 0 bridgehead atoms. The highest BCUT2D eigenvalue weighted by Crippen LogP contribution is 2.23. The van der Waals surface area contributed by atoms with Crippen molar-refractivity contribution in [3.8, 4) is 0 Å². The summed E-state index contributed by atoms with van der Waals surface area (Å²) >= 11 is 5.02. The second-order valence-corrected chi connectivity index (χ2v) is 9.86. The maximum Gasteiger partial charge on any atom is 0.224 e. The van der Waals surface area contributed by atoms with Crippen LogP contribution in [0.3, 0.4) is 0 Å². The number of thiophene rings is 1. The van der Waals surface area contributed by atoms with Crippen LogP contribution in [-0.4, -0.2) is 49.9 Å². The van der Waals surface area contributed by atoms with Gasteiger partial charge in [-0.2, -0.15) is 0 Å². The average Bonchev–Trinajstić information content (AvgIpc) is 2.80. The molecular formula is C13H19BrN2O3S2. The van der Waals surface area contributed by atoms with E-state index >= 15 is 0 Å². The van der Waals surface area contributed by atoms with E-state index in [2.05, 4.69) is 21.2 Å². The van der Waals surface area contributed by atoms with E-state index in [0.717, 1.165) is 8.66 Å². The van der Waals surface area contributed by atoms with Crippen LogP contribution in [-0.2, 0) is 21.2 Å². The van der Waals surface area contributed by atoms with E-state index in [0.29, 0.717) is 19.6 Å². The van der Waals surface area contributed by atoms with Crippen molar-refractivity contribution in [1.82, 2.24) is 10.2 Å². The minimum atomic E-state index is -3.00. The zero-order valence-corrected chi connectivity index (χ0v) is 15.1. The van der Waals surface area contributed by atoms with Gasteiger partial charge in [0.25, 0.3) is 0 Å². The maximum atomic E-state index is 12.3. The molecule has 1 amide bonds.